The van der Waals surface area contributed by atoms with Gasteiger partial charge in [-0.2, -0.15) is 0 Å². The molecule has 5 unspecified atom stereocenters. The summed E-state index contributed by atoms with van der Waals surface area (Å²) in [4.78, 5) is 11.3. The smallest absolute Gasteiger partial charge is 0.217 e. The Morgan fingerprint density at radius 3 is 2.31 bits per heavy atom. The summed E-state index contributed by atoms with van der Waals surface area (Å²) in [5.74, 6) is 1.79. The van der Waals surface area contributed by atoms with Gasteiger partial charge in [-0.25, -0.2) is 0 Å². The largest absolute Gasteiger partial charge is 0.393 e. The average molecular weight is 408 g/mol. The quantitative estimate of drug-likeness (QED) is 0.575. The maximum absolute atomic E-state index is 11.3. The van der Waals surface area contributed by atoms with Gasteiger partial charge in [0.15, 0.2) is 0 Å². The van der Waals surface area contributed by atoms with E-state index in [1.54, 1.807) is 0 Å². The molecule has 166 valence electrons. The number of fused-ring (bicyclic) bond motifs is 5. The van der Waals surface area contributed by atoms with E-state index < -0.39 is 12.2 Å². The predicted molar refractivity (Wildman–Crippen MR) is 112 cm³/mol. The molecule has 5 heteroatoms. The Morgan fingerprint density at radius 1 is 0.966 bits per heavy atom. The highest BCUT2D eigenvalue weighted by molar-refractivity contribution is 5.73. The van der Waals surface area contributed by atoms with Gasteiger partial charge >= 0.3 is 0 Å². The zero-order valence-electron chi connectivity index (χ0n) is 18.4. The molecule has 5 nitrogen and oxygen atoms in total. The molecule has 0 aliphatic heterocycles. The maximum Gasteiger partial charge on any atom is 0.217 e. The van der Waals surface area contributed by atoms with Crippen molar-refractivity contribution in [2.75, 3.05) is 0 Å². The number of aliphatic hydroxyl groups excluding tert-OH is 3. The van der Waals surface area contributed by atoms with Crippen molar-refractivity contribution in [1.82, 2.24) is 0 Å². The summed E-state index contributed by atoms with van der Waals surface area (Å²) in [6.45, 7) is 6.99. The molecule has 0 bridgehead atoms. The number of amides is 1. The zero-order chi connectivity index (χ0) is 21.1. The van der Waals surface area contributed by atoms with Crippen LogP contribution in [0.25, 0.3) is 0 Å². The van der Waals surface area contributed by atoms with Crippen molar-refractivity contribution < 1.29 is 20.1 Å². The first-order chi connectivity index (χ1) is 13.6. The van der Waals surface area contributed by atoms with Crippen LogP contribution in [0.1, 0.15) is 78.6 Å². The topological polar surface area (TPSA) is 104 Å². The summed E-state index contributed by atoms with van der Waals surface area (Å²) >= 11 is 0. The Balaban J connectivity index is 1.59. The number of carbonyl (C=O) groups excluding carboxylic acids is 1. The number of hydrogen-bond donors (Lipinski definition) is 4. The molecule has 0 radical (unpaired) electrons. The van der Waals surface area contributed by atoms with Crippen molar-refractivity contribution in [2.45, 2.75) is 96.9 Å². The predicted octanol–water partition coefficient (Wildman–Crippen LogP) is 2.85. The van der Waals surface area contributed by atoms with E-state index in [1.165, 1.54) is 0 Å². The van der Waals surface area contributed by atoms with Crippen LogP contribution in [0.15, 0.2) is 0 Å². The molecule has 1 amide bonds. The monoisotopic (exact) mass is 407 g/mol. The zero-order valence-corrected chi connectivity index (χ0v) is 18.4. The van der Waals surface area contributed by atoms with Crippen molar-refractivity contribution in [2.24, 2.45) is 52.1 Å². The van der Waals surface area contributed by atoms with Gasteiger partial charge in [-0.05, 0) is 97.7 Å². The Bertz CT molecular complexity index is 640. The molecule has 4 aliphatic rings. The average Bonchev–Trinajstić information content (AvgIpc) is 3.02. The highest BCUT2D eigenvalue weighted by Crippen LogP contribution is 2.68. The van der Waals surface area contributed by atoms with Gasteiger partial charge < -0.3 is 21.1 Å². The van der Waals surface area contributed by atoms with E-state index in [2.05, 4.69) is 20.8 Å². The van der Waals surface area contributed by atoms with Crippen molar-refractivity contribution in [3.05, 3.63) is 0 Å². The summed E-state index contributed by atoms with van der Waals surface area (Å²) in [6, 6.07) is 0. The van der Waals surface area contributed by atoms with Crippen LogP contribution in [0.3, 0.4) is 0 Å². The van der Waals surface area contributed by atoms with Crippen molar-refractivity contribution in [1.29, 1.82) is 0 Å². The minimum absolute atomic E-state index is 0.00135. The summed E-state index contributed by atoms with van der Waals surface area (Å²) in [7, 11) is 0. The molecule has 0 aromatic carbocycles. The third-order valence-electron chi connectivity index (χ3n) is 10.3. The van der Waals surface area contributed by atoms with E-state index in [0.29, 0.717) is 36.5 Å². The fourth-order valence-electron chi connectivity index (χ4n) is 8.79. The Morgan fingerprint density at radius 2 is 1.62 bits per heavy atom. The normalized spacial score (nSPS) is 52.9. The van der Waals surface area contributed by atoms with E-state index >= 15 is 0 Å². The van der Waals surface area contributed by atoms with Gasteiger partial charge in [-0.1, -0.05) is 20.8 Å². The van der Waals surface area contributed by atoms with Gasteiger partial charge in [0.2, 0.25) is 5.91 Å². The number of primary amides is 1. The van der Waals surface area contributed by atoms with Crippen LogP contribution in [0.2, 0.25) is 0 Å². The Hall–Kier alpha value is -0.650. The van der Waals surface area contributed by atoms with E-state index in [-0.39, 0.29) is 34.7 Å². The molecule has 0 aromatic rings. The van der Waals surface area contributed by atoms with Crippen molar-refractivity contribution in [3.8, 4) is 0 Å². The van der Waals surface area contributed by atoms with Crippen LogP contribution < -0.4 is 5.73 Å². The highest BCUT2D eigenvalue weighted by Gasteiger charge is 2.65. The molecule has 29 heavy (non-hydrogen) atoms. The van der Waals surface area contributed by atoms with Crippen LogP contribution in [0.5, 0.6) is 0 Å². The summed E-state index contributed by atoms with van der Waals surface area (Å²) in [6.07, 6.45) is 6.43. The first kappa shape index (κ1) is 21.6. The molecule has 0 spiro atoms. The van der Waals surface area contributed by atoms with Crippen LogP contribution in [0, 0.1) is 46.3 Å². The standard InChI is InChI=1S/C24H41NO4/c1-13(4-7-19(25)27)15-5-6-16-20-17(9-11-23(15,16)2)24(3)10-8-14(26)12-18(24)21(28)22(20)29/h13-18,20-22,26,28-29H,4-12H2,1-3H3,(H2,25,27)/t13?,14-,15?,16?,17?,18+,20?,21+,22-,23-,24-/m1/s1. The van der Waals surface area contributed by atoms with Crippen LogP contribution in [-0.2, 0) is 4.79 Å². The number of nitrogens with two attached hydrogens (primary N) is 1. The molecule has 4 fully saturated rings. The lowest BCUT2D eigenvalue weighted by Crippen LogP contribution is -2.64. The van der Waals surface area contributed by atoms with Gasteiger partial charge in [0.1, 0.15) is 0 Å². The Kier molecular flexibility index (Phi) is 5.57. The Labute approximate surface area is 175 Å². The first-order valence-electron chi connectivity index (χ1n) is 11.9. The number of aliphatic hydroxyl groups is 3. The number of rotatable bonds is 4. The molecular formula is C24H41NO4. The molecule has 0 saturated heterocycles. The lowest BCUT2D eigenvalue weighted by atomic mass is 9.43. The molecule has 5 N–H and O–H groups in total. The second-order valence-electron chi connectivity index (χ2n) is 11.5. The van der Waals surface area contributed by atoms with Crippen LogP contribution in [0.4, 0.5) is 0 Å². The second kappa shape index (κ2) is 7.49. The fourth-order valence-corrected chi connectivity index (χ4v) is 8.79. The second-order valence-corrected chi connectivity index (χ2v) is 11.5. The third-order valence-corrected chi connectivity index (χ3v) is 10.3. The van der Waals surface area contributed by atoms with Crippen LogP contribution in [-0.4, -0.2) is 39.5 Å². The summed E-state index contributed by atoms with van der Waals surface area (Å²) in [5, 5.41) is 32.6. The van der Waals surface area contributed by atoms with E-state index in [4.69, 9.17) is 5.73 Å². The minimum atomic E-state index is -0.732. The van der Waals surface area contributed by atoms with Crippen LogP contribution >= 0.6 is 0 Å². The molecule has 4 aliphatic carbocycles. The molecule has 11 atom stereocenters. The van der Waals surface area contributed by atoms with E-state index in [0.717, 1.165) is 44.9 Å². The molecule has 4 saturated carbocycles. The van der Waals surface area contributed by atoms with E-state index in [1.807, 2.05) is 0 Å². The SMILES string of the molecule is CC(CCC(N)=O)C1CCC2C3C(CC[C@]12C)[C@@]1(C)CC[C@@H](O)C[C@H]1[C@H](O)[C@@H]3O. The summed E-state index contributed by atoms with van der Waals surface area (Å²) < 4.78 is 0. The van der Waals surface area contributed by atoms with Gasteiger partial charge in [0, 0.05) is 6.42 Å². The van der Waals surface area contributed by atoms with E-state index in [9.17, 15) is 20.1 Å². The van der Waals surface area contributed by atoms with Crippen molar-refractivity contribution >= 4 is 5.91 Å². The minimum Gasteiger partial charge on any atom is -0.393 e. The fraction of sp³-hybridized carbons (Fsp3) is 0.958. The molecule has 0 heterocycles. The molecule has 0 aromatic heterocycles. The maximum atomic E-state index is 11.3. The lowest BCUT2D eigenvalue weighted by Gasteiger charge is -2.63. The number of hydrogen-bond acceptors (Lipinski definition) is 4. The summed E-state index contributed by atoms with van der Waals surface area (Å²) in [5.41, 5.74) is 5.57. The highest BCUT2D eigenvalue weighted by atomic mass is 16.3. The van der Waals surface area contributed by atoms with Gasteiger partial charge in [0.05, 0.1) is 18.3 Å². The third kappa shape index (κ3) is 3.27. The van der Waals surface area contributed by atoms with Gasteiger partial charge in [0.25, 0.3) is 0 Å². The molecular weight excluding hydrogens is 366 g/mol. The van der Waals surface area contributed by atoms with Gasteiger partial charge in [-0.15, -0.1) is 0 Å². The molecule has 4 rings (SSSR count). The van der Waals surface area contributed by atoms with Crippen molar-refractivity contribution in [3.63, 3.8) is 0 Å². The number of carbonyl (C=O) groups is 1. The van der Waals surface area contributed by atoms with Gasteiger partial charge in [-0.3, -0.25) is 4.79 Å². The lowest BCUT2D eigenvalue weighted by molar-refractivity contribution is -0.223. The first-order valence-corrected chi connectivity index (χ1v) is 11.9.